The van der Waals surface area contributed by atoms with E-state index in [4.69, 9.17) is 9.47 Å². The number of methoxy groups -OCH3 is 2. The van der Waals surface area contributed by atoms with Gasteiger partial charge in [0.2, 0.25) is 0 Å². The fourth-order valence-corrected chi connectivity index (χ4v) is 5.85. The first-order valence-electron chi connectivity index (χ1n) is 12.6. The van der Waals surface area contributed by atoms with Gasteiger partial charge in [-0.3, -0.25) is 9.78 Å². The molecule has 4 rings (SSSR count). The number of nitrogens with one attached hydrogen (secondary N) is 1. The van der Waals surface area contributed by atoms with Crippen molar-refractivity contribution in [1.29, 1.82) is 0 Å². The molecule has 0 aliphatic rings. The summed E-state index contributed by atoms with van der Waals surface area (Å²) in [6.45, 7) is 2.39. The van der Waals surface area contributed by atoms with E-state index >= 15 is 0 Å². The van der Waals surface area contributed by atoms with Crippen molar-refractivity contribution in [1.82, 2.24) is 10.3 Å². The molecule has 0 saturated heterocycles. The maximum absolute atomic E-state index is 13.5. The predicted molar refractivity (Wildman–Crippen MR) is 152 cm³/mol. The van der Waals surface area contributed by atoms with E-state index in [9.17, 15) is 13.2 Å². The molecule has 1 aromatic heterocycles. The van der Waals surface area contributed by atoms with Crippen LogP contribution in [0.1, 0.15) is 33.6 Å². The van der Waals surface area contributed by atoms with Gasteiger partial charge in [0.05, 0.1) is 25.7 Å². The Morgan fingerprint density at radius 3 is 2.41 bits per heavy atom. The van der Waals surface area contributed by atoms with Crippen LogP contribution in [0.15, 0.2) is 89.8 Å². The Hall–Kier alpha value is -4.17. The maximum Gasteiger partial charge on any atom is 0.251 e. The molecule has 0 radical (unpaired) electrons. The molecule has 1 amide bonds. The van der Waals surface area contributed by atoms with Crippen molar-refractivity contribution in [3.63, 3.8) is 0 Å². The van der Waals surface area contributed by atoms with Gasteiger partial charge in [-0.2, -0.15) is 0 Å². The van der Waals surface area contributed by atoms with Crippen LogP contribution >= 0.6 is 0 Å². The Labute approximate surface area is 229 Å². The monoisotopic (exact) mass is 544 g/mol. The second-order valence-electron chi connectivity index (χ2n) is 9.20. The summed E-state index contributed by atoms with van der Waals surface area (Å²) in [5, 5.41) is 2.92. The standard InChI is InChI=1S/C31H32N2O5S/c1-22-8-4-14-28(33-22)25-15-16-29(38-3)30(20-25)39(35,36)21-24-10-5-9-23(18-24)11-7-17-32-31(34)26-12-6-13-27(19-26)37-2/h4-6,8-10,12-16,18-20H,7,11,17,21H2,1-3H3,(H,32,34). The Morgan fingerprint density at radius 1 is 0.872 bits per heavy atom. The van der Waals surface area contributed by atoms with Crippen LogP contribution in [-0.4, -0.2) is 40.1 Å². The summed E-state index contributed by atoms with van der Waals surface area (Å²) in [4.78, 5) is 17.1. The minimum Gasteiger partial charge on any atom is -0.497 e. The zero-order valence-electron chi connectivity index (χ0n) is 22.3. The number of ether oxygens (including phenoxy) is 2. The average molecular weight is 545 g/mol. The Morgan fingerprint density at radius 2 is 1.64 bits per heavy atom. The van der Waals surface area contributed by atoms with Crippen LogP contribution in [0.2, 0.25) is 0 Å². The quantitative estimate of drug-likeness (QED) is 0.254. The Kier molecular flexibility index (Phi) is 8.99. The van der Waals surface area contributed by atoms with Crippen LogP contribution in [-0.2, 0) is 22.0 Å². The molecule has 202 valence electrons. The number of carbonyl (C=O) groups is 1. The molecule has 39 heavy (non-hydrogen) atoms. The van der Waals surface area contributed by atoms with Gasteiger partial charge in [0, 0.05) is 23.4 Å². The fourth-order valence-electron chi connectivity index (χ4n) is 4.32. The second kappa shape index (κ2) is 12.6. The van der Waals surface area contributed by atoms with E-state index in [0.717, 1.165) is 11.3 Å². The van der Waals surface area contributed by atoms with Gasteiger partial charge in [-0.05, 0) is 79.4 Å². The number of hydrogen-bond acceptors (Lipinski definition) is 6. The number of amides is 1. The molecule has 0 unspecified atom stereocenters. The van der Waals surface area contributed by atoms with Crippen LogP contribution in [0.3, 0.4) is 0 Å². The maximum atomic E-state index is 13.5. The molecular formula is C31H32N2O5S. The highest BCUT2D eigenvalue weighted by Crippen LogP contribution is 2.31. The largest absolute Gasteiger partial charge is 0.497 e. The van der Waals surface area contributed by atoms with E-state index in [1.54, 1.807) is 43.5 Å². The highest BCUT2D eigenvalue weighted by atomic mass is 32.2. The zero-order valence-corrected chi connectivity index (χ0v) is 23.1. The summed E-state index contributed by atoms with van der Waals surface area (Å²) in [5.41, 5.74) is 4.50. The highest BCUT2D eigenvalue weighted by Gasteiger charge is 2.22. The minimum absolute atomic E-state index is 0.136. The van der Waals surface area contributed by atoms with Crippen LogP contribution in [0, 0.1) is 6.92 Å². The van der Waals surface area contributed by atoms with E-state index in [0.29, 0.717) is 53.3 Å². The van der Waals surface area contributed by atoms with Gasteiger partial charge in [0.15, 0.2) is 9.84 Å². The Balaban J connectivity index is 1.42. The number of carbonyl (C=O) groups excluding carboxylic acids is 1. The van der Waals surface area contributed by atoms with E-state index < -0.39 is 9.84 Å². The lowest BCUT2D eigenvalue weighted by molar-refractivity contribution is 0.0953. The van der Waals surface area contributed by atoms with E-state index in [1.807, 2.05) is 55.5 Å². The third kappa shape index (κ3) is 7.23. The molecule has 7 nitrogen and oxygen atoms in total. The molecule has 8 heteroatoms. The molecular weight excluding hydrogens is 512 g/mol. The lowest BCUT2D eigenvalue weighted by atomic mass is 10.1. The third-order valence-corrected chi connectivity index (χ3v) is 7.99. The number of aryl methyl sites for hydroxylation is 2. The first-order chi connectivity index (χ1) is 18.8. The Bertz CT molecular complexity index is 1570. The van der Waals surface area contributed by atoms with Gasteiger partial charge in [0.1, 0.15) is 16.4 Å². The van der Waals surface area contributed by atoms with Crippen molar-refractivity contribution in [3.8, 4) is 22.8 Å². The molecule has 0 aliphatic carbocycles. The molecule has 1 heterocycles. The molecule has 0 bridgehead atoms. The van der Waals surface area contributed by atoms with Crippen LogP contribution in [0.5, 0.6) is 11.5 Å². The van der Waals surface area contributed by atoms with Gasteiger partial charge in [-0.15, -0.1) is 0 Å². The molecule has 0 fully saturated rings. The van der Waals surface area contributed by atoms with Crippen molar-refractivity contribution in [3.05, 3.63) is 107 Å². The molecule has 0 saturated carbocycles. The first kappa shape index (κ1) is 27.9. The molecule has 0 aliphatic heterocycles. The summed E-state index contributed by atoms with van der Waals surface area (Å²) in [6.07, 6.45) is 1.41. The number of aromatic nitrogens is 1. The van der Waals surface area contributed by atoms with Crippen molar-refractivity contribution in [2.45, 2.75) is 30.4 Å². The summed E-state index contributed by atoms with van der Waals surface area (Å²) >= 11 is 0. The molecule has 3 aromatic carbocycles. The molecule has 1 N–H and O–H groups in total. The highest BCUT2D eigenvalue weighted by molar-refractivity contribution is 7.90. The van der Waals surface area contributed by atoms with Gasteiger partial charge < -0.3 is 14.8 Å². The van der Waals surface area contributed by atoms with Crippen LogP contribution in [0.4, 0.5) is 0 Å². The number of benzene rings is 3. The molecule has 0 atom stereocenters. The second-order valence-corrected chi connectivity index (χ2v) is 11.2. The van der Waals surface area contributed by atoms with Crippen LogP contribution < -0.4 is 14.8 Å². The minimum atomic E-state index is -3.71. The average Bonchev–Trinajstić information content (AvgIpc) is 2.95. The van der Waals surface area contributed by atoms with Gasteiger partial charge in [0.25, 0.3) is 5.91 Å². The van der Waals surface area contributed by atoms with Crippen molar-refractivity contribution < 1.29 is 22.7 Å². The van der Waals surface area contributed by atoms with Crippen molar-refractivity contribution >= 4 is 15.7 Å². The van der Waals surface area contributed by atoms with Gasteiger partial charge in [-0.25, -0.2) is 8.42 Å². The lowest BCUT2D eigenvalue weighted by Crippen LogP contribution is -2.24. The molecule has 0 spiro atoms. The number of sulfone groups is 1. The predicted octanol–water partition coefficient (Wildman–Crippen LogP) is 5.41. The van der Waals surface area contributed by atoms with Gasteiger partial charge in [-0.1, -0.05) is 36.4 Å². The number of rotatable bonds is 11. The number of hydrogen-bond donors (Lipinski definition) is 1. The summed E-state index contributed by atoms with van der Waals surface area (Å²) in [6, 6.07) is 25.3. The number of pyridine rings is 1. The topological polar surface area (TPSA) is 94.6 Å². The van der Waals surface area contributed by atoms with Crippen molar-refractivity contribution in [2.75, 3.05) is 20.8 Å². The number of nitrogens with zero attached hydrogens (tertiary/aromatic N) is 1. The smallest absolute Gasteiger partial charge is 0.251 e. The summed E-state index contributed by atoms with van der Waals surface area (Å²) < 4.78 is 37.6. The van der Waals surface area contributed by atoms with Gasteiger partial charge >= 0.3 is 0 Å². The van der Waals surface area contributed by atoms with E-state index in [1.165, 1.54) is 7.11 Å². The lowest BCUT2D eigenvalue weighted by Gasteiger charge is -2.13. The van der Waals surface area contributed by atoms with E-state index in [-0.39, 0.29) is 16.6 Å². The third-order valence-electron chi connectivity index (χ3n) is 6.29. The van der Waals surface area contributed by atoms with Crippen LogP contribution in [0.25, 0.3) is 11.3 Å². The summed E-state index contributed by atoms with van der Waals surface area (Å²) in [5.74, 6) is 0.611. The first-order valence-corrected chi connectivity index (χ1v) is 14.3. The molecule has 4 aromatic rings. The normalized spacial score (nSPS) is 11.2. The van der Waals surface area contributed by atoms with E-state index in [2.05, 4.69) is 10.3 Å². The van der Waals surface area contributed by atoms with Crippen molar-refractivity contribution in [2.24, 2.45) is 0 Å². The summed E-state index contributed by atoms with van der Waals surface area (Å²) in [7, 11) is -0.679. The zero-order chi connectivity index (χ0) is 27.8. The SMILES string of the molecule is COc1cccc(C(=O)NCCCc2cccc(CS(=O)(=O)c3cc(-c4cccc(C)n4)ccc3OC)c2)c1. The fraction of sp³-hybridized carbons (Fsp3) is 0.226.